The summed E-state index contributed by atoms with van der Waals surface area (Å²) < 4.78 is 0. The van der Waals surface area contributed by atoms with E-state index in [0.29, 0.717) is 24.3 Å². The number of carbonyl (C=O) groups is 2. The van der Waals surface area contributed by atoms with Crippen LogP contribution in [0.15, 0.2) is 0 Å². The summed E-state index contributed by atoms with van der Waals surface area (Å²) in [7, 11) is 0. The van der Waals surface area contributed by atoms with Crippen molar-refractivity contribution in [1.29, 1.82) is 0 Å². The first-order valence-corrected chi connectivity index (χ1v) is 8.90. The number of nitrogens with one attached hydrogen (secondary N) is 1. The summed E-state index contributed by atoms with van der Waals surface area (Å²) in [5.41, 5.74) is 11.7. The van der Waals surface area contributed by atoms with Gasteiger partial charge >= 0.3 is 0 Å². The van der Waals surface area contributed by atoms with Crippen LogP contribution in [0.25, 0.3) is 0 Å². The predicted molar refractivity (Wildman–Crippen MR) is 84.6 cm³/mol. The van der Waals surface area contributed by atoms with Crippen molar-refractivity contribution in [1.82, 2.24) is 5.32 Å². The van der Waals surface area contributed by atoms with Gasteiger partial charge in [0.05, 0.1) is 0 Å². The summed E-state index contributed by atoms with van der Waals surface area (Å²) in [5, 5.41) is 3.19. The number of nitrogens with two attached hydrogens (primary N) is 2. The van der Waals surface area contributed by atoms with Crippen LogP contribution in [0.1, 0.15) is 57.8 Å². The van der Waals surface area contributed by atoms with Crippen LogP contribution in [-0.2, 0) is 9.59 Å². The summed E-state index contributed by atoms with van der Waals surface area (Å²) in [4.78, 5) is 24.0. The lowest BCUT2D eigenvalue weighted by molar-refractivity contribution is -0.130. The highest BCUT2D eigenvalue weighted by molar-refractivity contribution is 5.80. The van der Waals surface area contributed by atoms with Gasteiger partial charge in [-0.25, -0.2) is 0 Å². The maximum Gasteiger partial charge on any atom is 0.223 e. The minimum absolute atomic E-state index is 0.0711. The molecule has 0 aromatic rings. The molecule has 3 saturated carbocycles. The van der Waals surface area contributed by atoms with Crippen LogP contribution >= 0.6 is 0 Å². The molecule has 0 radical (unpaired) electrons. The smallest absolute Gasteiger partial charge is 0.223 e. The van der Waals surface area contributed by atoms with E-state index in [2.05, 4.69) is 5.32 Å². The van der Waals surface area contributed by atoms with Crippen molar-refractivity contribution in [3.8, 4) is 0 Å². The molecule has 3 aliphatic carbocycles. The lowest BCUT2D eigenvalue weighted by Crippen LogP contribution is -2.50. The number of amides is 2. The van der Waals surface area contributed by atoms with Crippen LogP contribution in [0.2, 0.25) is 0 Å². The summed E-state index contributed by atoms with van der Waals surface area (Å²) in [6.07, 6.45) is 9.01. The SMILES string of the molecule is NC(=O)C1CCCC(NC(=O)C2CC3CCCC(C2)C3N)C1. The molecule has 2 amide bonds. The lowest BCUT2D eigenvalue weighted by atomic mass is 9.65. The Kier molecular flexibility index (Phi) is 4.71. The maximum absolute atomic E-state index is 12.6. The van der Waals surface area contributed by atoms with Crippen molar-refractivity contribution in [3.63, 3.8) is 0 Å². The Balaban J connectivity index is 1.55. The van der Waals surface area contributed by atoms with E-state index in [9.17, 15) is 9.59 Å². The van der Waals surface area contributed by atoms with Gasteiger partial charge in [-0.15, -0.1) is 0 Å². The molecule has 0 aromatic carbocycles. The highest BCUT2D eigenvalue weighted by Gasteiger charge is 2.41. The van der Waals surface area contributed by atoms with E-state index in [1.165, 1.54) is 19.3 Å². The fourth-order valence-corrected chi connectivity index (χ4v) is 4.90. The zero-order valence-electron chi connectivity index (χ0n) is 13.3. The Morgan fingerprint density at radius 3 is 2.14 bits per heavy atom. The van der Waals surface area contributed by atoms with Gasteiger partial charge in [0.1, 0.15) is 0 Å². The third kappa shape index (κ3) is 3.29. The molecule has 5 nitrogen and oxygen atoms in total. The molecule has 4 atom stereocenters. The van der Waals surface area contributed by atoms with Gasteiger partial charge in [-0.1, -0.05) is 12.8 Å². The topological polar surface area (TPSA) is 98.2 Å². The zero-order valence-corrected chi connectivity index (χ0v) is 13.3. The second kappa shape index (κ2) is 6.57. The van der Waals surface area contributed by atoms with E-state index in [0.717, 1.165) is 32.1 Å². The van der Waals surface area contributed by atoms with Crippen molar-refractivity contribution < 1.29 is 9.59 Å². The van der Waals surface area contributed by atoms with Crippen LogP contribution in [0.5, 0.6) is 0 Å². The monoisotopic (exact) mass is 307 g/mol. The first-order chi connectivity index (χ1) is 10.5. The molecule has 0 spiro atoms. The van der Waals surface area contributed by atoms with Gasteiger partial charge in [0, 0.05) is 23.9 Å². The molecule has 3 rings (SSSR count). The predicted octanol–water partition coefficient (Wildman–Crippen LogP) is 1.30. The van der Waals surface area contributed by atoms with Gasteiger partial charge in [-0.3, -0.25) is 9.59 Å². The normalized spacial score (nSPS) is 41.7. The van der Waals surface area contributed by atoms with Crippen molar-refractivity contribution in [3.05, 3.63) is 0 Å². The summed E-state index contributed by atoms with van der Waals surface area (Å²) in [5.74, 6) is 1.04. The highest BCUT2D eigenvalue weighted by atomic mass is 16.2. The molecular formula is C17H29N3O2. The highest BCUT2D eigenvalue weighted by Crippen LogP contribution is 2.42. The van der Waals surface area contributed by atoms with Crippen LogP contribution in [0.3, 0.4) is 0 Å². The van der Waals surface area contributed by atoms with Gasteiger partial charge in [-0.2, -0.15) is 0 Å². The molecule has 3 aliphatic rings. The van der Waals surface area contributed by atoms with Gasteiger partial charge in [0.2, 0.25) is 11.8 Å². The van der Waals surface area contributed by atoms with Gasteiger partial charge < -0.3 is 16.8 Å². The molecule has 0 aromatic heterocycles. The van der Waals surface area contributed by atoms with Gasteiger partial charge in [-0.05, 0) is 56.8 Å². The quantitative estimate of drug-likeness (QED) is 0.733. The standard InChI is InChI=1S/C17H29N3O2/c18-15-10-3-1-4-11(15)8-13(7-10)17(22)20-14-6-2-5-12(9-14)16(19)21/h10-15H,1-9,18H2,(H2,19,21)(H,20,22). The van der Waals surface area contributed by atoms with Crippen molar-refractivity contribution in [2.45, 2.75) is 69.9 Å². The van der Waals surface area contributed by atoms with E-state index < -0.39 is 0 Å². The first kappa shape index (κ1) is 15.8. The third-order valence-corrected chi connectivity index (χ3v) is 6.21. The Morgan fingerprint density at radius 2 is 1.50 bits per heavy atom. The van der Waals surface area contributed by atoms with Crippen LogP contribution < -0.4 is 16.8 Å². The van der Waals surface area contributed by atoms with Gasteiger partial charge in [0.15, 0.2) is 0 Å². The second-order valence-electron chi connectivity index (χ2n) is 7.67. The second-order valence-corrected chi connectivity index (χ2v) is 7.67. The Morgan fingerprint density at radius 1 is 0.864 bits per heavy atom. The molecule has 0 heterocycles. The lowest BCUT2D eigenvalue weighted by Gasteiger charge is -2.44. The first-order valence-electron chi connectivity index (χ1n) is 8.90. The van der Waals surface area contributed by atoms with Crippen molar-refractivity contribution in [2.75, 3.05) is 0 Å². The van der Waals surface area contributed by atoms with Crippen LogP contribution in [0.4, 0.5) is 0 Å². The van der Waals surface area contributed by atoms with E-state index in [1.807, 2.05) is 0 Å². The Bertz CT molecular complexity index is 426. The molecule has 124 valence electrons. The summed E-state index contributed by atoms with van der Waals surface area (Å²) >= 11 is 0. The molecule has 4 unspecified atom stereocenters. The van der Waals surface area contributed by atoms with Crippen LogP contribution in [-0.4, -0.2) is 23.9 Å². The number of hydrogen-bond donors (Lipinski definition) is 3. The largest absolute Gasteiger partial charge is 0.369 e. The number of carbonyl (C=O) groups excluding carboxylic acids is 2. The zero-order chi connectivity index (χ0) is 15.7. The molecule has 2 bridgehead atoms. The van der Waals surface area contributed by atoms with Crippen molar-refractivity contribution >= 4 is 11.8 Å². The summed E-state index contributed by atoms with van der Waals surface area (Å²) in [6.45, 7) is 0. The van der Waals surface area contributed by atoms with E-state index in [4.69, 9.17) is 11.5 Å². The minimum atomic E-state index is -0.225. The fourth-order valence-electron chi connectivity index (χ4n) is 4.90. The number of hydrogen-bond acceptors (Lipinski definition) is 3. The summed E-state index contributed by atoms with van der Waals surface area (Å²) in [6, 6.07) is 0.418. The Labute approximate surface area is 132 Å². The van der Waals surface area contributed by atoms with Crippen LogP contribution in [0, 0.1) is 23.7 Å². The molecular weight excluding hydrogens is 278 g/mol. The molecule has 3 fully saturated rings. The third-order valence-electron chi connectivity index (χ3n) is 6.21. The average Bonchev–Trinajstić information content (AvgIpc) is 2.47. The van der Waals surface area contributed by atoms with Gasteiger partial charge in [0.25, 0.3) is 0 Å². The van der Waals surface area contributed by atoms with E-state index >= 15 is 0 Å². The van der Waals surface area contributed by atoms with Crippen molar-refractivity contribution in [2.24, 2.45) is 35.1 Å². The average molecular weight is 307 g/mol. The number of primary amides is 1. The maximum atomic E-state index is 12.6. The number of fused-ring (bicyclic) bond motifs is 2. The Hall–Kier alpha value is -1.10. The van der Waals surface area contributed by atoms with E-state index in [-0.39, 0.29) is 29.7 Å². The molecule has 22 heavy (non-hydrogen) atoms. The molecule has 5 heteroatoms. The van der Waals surface area contributed by atoms with E-state index in [1.54, 1.807) is 0 Å². The molecule has 0 aliphatic heterocycles. The number of rotatable bonds is 3. The molecule has 5 N–H and O–H groups in total. The fraction of sp³-hybridized carbons (Fsp3) is 0.882. The molecule has 0 saturated heterocycles. The minimum Gasteiger partial charge on any atom is -0.369 e.